The SMILES string of the molecule is F.F.F.F.F.F.F.F.F.F.F.F.F.F.F.[NaH].[NaH].[NaH].[NaH].[NaH]. The van der Waals surface area contributed by atoms with E-state index in [9.17, 15) is 0 Å². The minimum absolute atomic E-state index is 0. The van der Waals surface area contributed by atoms with Crippen molar-refractivity contribution >= 4 is 148 Å². The van der Waals surface area contributed by atoms with Crippen molar-refractivity contribution in [1.82, 2.24) is 0 Å². The molecule has 20 heavy (non-hydrogen) atoms. The average Bonchev–Trinajstić information content (AvgIpc) is 0. The van der Waals surface area contributed by atoms with E-state index in [4.69, 9.17) is 0 Å². The minimum atomic E-state index is 0. The molecule has 130 valence electrons. The summed E-state index contributed by atoms with van der Waals surface area (Å²) in [6.07, 6.45) is 0. The standard InChI is InChI=1S/15FH.5Na.5H/h15*1H;;;;;;;;;;. The van der Waals surface area contributed by atoms with Crippen LogP contribution in [0.5, 0.6) is 0 Å². The summed E-state index contributed by atoms with van der Waals surface area (Å²) in [6, 6.07) is 0. The molecule has 0 aromatic heterocycles. The third-order valence-electron chi connectivity index (χ3n) is 0. The number of hydrogen-bond donors (Lipinski definition) is 0. The van der Waals surface area contributed by atoms with E-state index >= 15 is 0 Å². The van der Waals surface area contributed by atoms with Crippen LogP contribution in [-0.4, -0.2) is 148 Å². The van der Waals surface area contributed by atoms with Crippen LogP contribution < -0.4 is 0 Å². The van der Waals surface area contributed by atoms with Gasteiger partial charge in [-0.2, -0.15) is 0 Å². The number of halogens is 15. The van der Waals surface area contributed by atoms with Gasteiger partial charge in [-0.25, -0.2) is 0 Å². The topological polar surface area (TPSA) is 0 Å². The molecule has 0 rings (SSSR count). The molecule has 0 heterocycles. The van der Waals surface area contributed by atoms with Gasteiger partial charge in [0.25, 0.3) is 0 Å². The maximum atomic E-state index is 0. The van der Waals surface area contributed by atoms with Crippen molar-refractivity contribution in [1.29, 1.82) is 0 Å². The van der Waals surface area contributed by atoms with Gasteiger partial charge in [-0.1, -0.05) is 0 Å². The fourth-order valence-electron chi connectivity index (χ4n) is 0. The van der Waals surface area contributed by atoms with Gasteiger partial charge in [-0.3, -0.25) is 70.6 Å². The summed E-state index contributed by atoms with van der Waals surface area (Å²) in [5, 5.41) is 0. The molecule has 0 fully saturated rings. The Hall–Kier alpha value is 3.95. The first-order chi connectivity index (χ1) is 0. The van der Waals surface area contributed by atoms with E-state index in [1.54, 1.807) is 0 Å². The Labute approximate surface area is 214 Å². The molecule has 0 amide bonds. The van der Waals surface area contributed by atoms with Crippen molar-refractivity contribution in [2.24, 2.45) is 0 Å². The molecule has 0 atom stereocenters. The molecule has 0 aliphatic carbocycles. The van der Waals surface area contributed by atoms with Crippen LogP contribution in [0.1, 0.15) is 0 Å². The third kappa shape index (κ3) is 617. The summed E-state index contributed by atoms with van der Waals surface area (Å²) < 4.78 is 0. The zero-order valence-electron chi connectivity index (χ0n) is 6.12. The molecule has 0 nitrogen and oxygen atoms in total. The van der Waals surface area contributed by atoms with Gasteiger partial charge in [0.1, 0.15) is 0 Å². The third-order valence-corrected chi connectivity index (χ3v) is 0. The molecule has 0 N–H and O–H groups in total. The number of rotatable bonds is 0. The maximum absolute atomic E-state index is 0. The Morgan fingerprint density at radius 3 is 0.100 bits per heavy atom. The van der Waals surface area contributed by atoms with Gasteiger partial charge in [0.15, 0.2) is 0 Å². The van der Waals surface area contributed by atoms with Crippen LogP contribution in [0.4, 0.5) is 70.6 Å². The van der Waals surface area contributed by atoms with Crippen molar-refractivity contribution in [2.75, 3.05) is 0 Å². The van der Waals surface area contributed by atoms with E-state index in [2.05, 4.69) is 0 Å². The Morgan fingerprint density at radius 1 is 0.100 bits per heavy atom. The molecule has 0 bridgehead atoms. The summed E-state index contributed by atoms with van der Waals surface area (Å²) in [5.74, 6) is 0. The van der Waals surface area contributed by atoms with Gasteiger partial charge in [-0.15, -0.1) is 0 Å². The summed E-state index contributed by atoms with van der Waals surface area (Å²) >= 11 is 0. The fourth-order valence-corrected chi connectivity index (χ4v) is 0. The second kappa shape index (κ2) is 709. The normalized spacial score (nSPS) is 0. The molecule has 0 radical (unpaired) electrons. The molecule has 0 spiro atoms. The van der Waals surface area contributed by atoms with E-state index in [1.165, 1.54) is 0 Å². The van der Waals surface area contributed by atoms with Gasteiger partial charge < -0.3 is 0 Å². The molecule has 0 aliphatic rings. The fraction of sp³-hybridized carbons (Fsp3) is 0. The van der Waals surface area contributed by atoms with Crippen LogP contribution in [-0.2, 0) is 0 Å². The Bertz CT molecular complexity index is 16.2. The zero-order valence-corrected chi connectivity index (χ0v) is 6.12. The quantitative estimate of drug-likeness (QED) is 0.350. The zero-order chi connectivity index (χ0) is 0. The first kappa shape index (κ1) is 808. The first-order valence-corrected chi connectivity index (χ1v) is 0. The van der Waals surface area contributed by atoms with Crippen LogP contribution in [0.15, 0.2) is 0 Å². The predicted octanol–water partition coefficient (Wildman–Crippen LogP) is -0.955. The first-order valence-electron chi connectivity index (χ1n) is 0. The summed E-state index contributed by atoms with van der Waals surface area (Å²) in [7, 11) is 0. The molecular weight excluding hydrogens is 400 g/mol. The monoisotopic (exact) mass is 420 g/mol. The van der Waals surface area contributed by atoms with Crippen LogP contribution >= 0.6 is 0 Å². The molecular formula is H20F15Na5. The number of hydrogen-bond acceptors (Lipinski definition) is 0. The molecule has 0 saturated carbocycles. The Kier molecular flexibility index (Phi) is 28600. The molecule has 0 saturated heterocycles. The summed E-state index contributed by atoms with van der Waals surface area (Å²) in [6.45, 7) is 0. The van der Waals surface area contributed by atoms with Crippen molar-refractivity contribution in [3.63, 3.8) is 0 Å². The van der Waals surface area contributed by atoms with Gasteiger partial charge in [-0.05, 0) is 0 Å². The van der Waals surface area contributed by atoms with E-state index in [0.29, 0.717) is 0 Å². The van der Waals surface area contributed by atoms with Crippen molar-refractivity contribution in [2.45, 2.75) is 0 Å². The van der Waals surface area contributed by atoms with Crippen LogP contribution in [0, 0.1) is 0 Å². The van der Waals surface area contributed by atoms with Crippen LogP contribution in [0.25, 0.3) is 0 Å². The van der Waals surface area contributed by atoms with Gasteiger partial charge in [0.05, 0.1) is 0 Å². The molecule has 20 heteroatoms. The molecule has 0 aromatic rings. The van der Waals surface area contributed by atoms with Gasteiger partial charge >= 0.3 is 148 Å². The Balaban J connectivity index is 0. The van der Waals surface area contributed by atoms with Crippen molar-refractivity contribution in [3.8, 4) is 0 Å². The molecule has 0 unspecified atom stereocenters. The van der Waals surface area contributed by atoms with E-state index in [1.807, 2.05) is 0 Å². The Morgan fingerprint density at radius 2 is 0.100 bits per heavy atom. The van der Waals surface area contributed by atoms with E-state index < -0.39 is 0 Å². The molecule has 0 aliphatic heterocycles. The van der Waals surface area contributed by atoms with Crippen LogP contribution in [0.2, 0.25) is 0 Å². The predicted molar refractivity (Wildman–Crippen MR) is 73.3 cm³/mol. The summed E-state index contributed by atoms with van der Waals surface area (Å²) in [4.78, 5) is 0. The van der Waals surface area contributed by atoms with E-state index in [0.717, 1.165) is 0 Å². The second-order valence-corrected chi connectivity index (χ2v) is 0. The summed E-state index contributed by atoms with van der Waals surface area (Å²) in [5.41, 5.74) is 0. The van der Waals surface area contributed by atoms with Crippen LogP contribution in [0.3, 0.4) is 0 Å². The average molecular weight is 420 g/mol. The molecule has 0 aromatic carbocycles. The van der Waals surface area contributed by atoms with E-state index in [-0.39, 0.29) is 218 Å². The van der Waals surface area contributed by atoms with Crippen molar-refractivity contribution < 1.29 is 70.6 Å². The van der Waals surface area contributed by atoms with Crippen molar-refractivity contribution in [3.05, 3.63) is 0 Å². The second-order valence-electron chi connectivity index (χ2n) is 0. The van der Waals surface area contributed by atoms with Gasteiger partial charge in [0, 0.05) is 0 Å². The van der Waals surface area contributed by atoms with Gasteiger partial charge in [0.2, 0.25) is 0 Å².